The summed E-state index contributed by atoms with van der Waals surface area (Å²) < 4.78 is 16.6. The third kappa shape index (κ3) is 4.04. The zero-order chi connectivity index (χ0) is 16.8. The van der Waals surface area contributed by atoms with Crippen molar-refractivity contribution in [3.8, 4) is 11.6 Å². The van der Waals surface area contributed by atoms with Crippen LogP contribution in [0.2, 0.25) is 5.28 Å². The molecule has 0 radical (unpaired) electrons. The normalized spacial score (nSPS) is 14.5. The summed E-state index contributed by atoms with van der Waals surface area (Å²) in [6.07, 6.45) is 2.42. The fourth-order valence-corrected chi connectivity index (χ4v) is 2.61. The maximum atomic E-state index is 6.07. The Morgan fingerprint density at radius 2 is 2.08 bits per heavy atom. The van der Waals surface area contributed by atoms with E-state index in [0.717, 1.165) is 18.8 Å². The van der Waals surface area contributed by atoms with Crippen LogP contribution in [0.3, 0.4) is 0 Å². The number of hydrogen-bond donors (Lipinski definition) is 0. The summed E-state index contributed by atoms with van der Waals surface area (Å²) in [5.74, 6) is 1.46. The van der Waals surface area contributed by atoms with Gasteiger partial charge < -0.3 is 19.1 Å². The first-order valence-corrected chi connectivity index (χ1v) is 8.12. The van der Waals surface area contributed by atoms with Gasteiger partial charge in [0.15, 0.2) is 5.82 Å². The molecule has 0 atom stereocenters. The SMILES string of the molecule is COc1c(OCCc2ccccn2)nc(Cl)nc1N1CCOCC1. The molecule has 24 heavy (non-hydrogen) atoms. The van der Waals surface area contributed by atoms with Gasteiger partial charge in [-0.1, -0.05) is 6.07 Å². The number of aromatic nitrogens is 3. The maximum absolute atomic E-state index is 6.07. The van der Waals surface area contributed by atoms with E-state index in [-0.39, 0.29) is 5.28 Å². The molecule has 0 unspecified atom stereocenters. The van der Waals surface area contributed by atoms with E-state index in [1.807, 2.05) is 18.2 Å². The van der Waals surface area contributed by atoms with E-state index < -0.39 is 0 Å². The molecule has 1 saturated heterocycles. The Bertz CT molecular complexity index is 666. The van der Waals surface area contributed by atoms with E-state index in [4.69, 9.17) is 25.8 Å². The van der Waals surface area contributed by atoms with Gasteiger partial charge >= 0.3 is 0 Å². The van der Waals surface area contributed by atoms with Crippen LogP contribution in [0.5, 0.6) is 11.6 Å². The molecule has 3 heterocycles. The van der Waals surface area contributed by atoms with Crippen molar-refractivity contribution in [2.24, 2.45) is 0 Å². The molecule has 128 valence electrons. The van der Waals surface area contributed by atoms with Gasteiger partial charge in [-0.05, 0) is 23.7 Å². The molecular weight excluding hydrogens is 332 g/mol. The quantitative estimate of drug-likeness (QED) is 0.738. The Hall–Kier alpha value is -2.12. The Morgan fingerprint density at radius 3 is 2.79 bits per heavy atom. The van der Waals surface area contributed by atoms with E-state index in [9.17, 15) is 0 Å². The first-order chi connectivity index (χ1) is 11.8. The van der Waals surface area contributed by atoms with E-state index >= 15 is 0 Å². The number of methoxy groups -OCH3 is 1. The molecule has 0 aromatic carbocycles. The lowest BCUT2D eigenvalue weighted by Crippen LogP contribution is -2.37. The van der Waals surface area contributed by atoms with Gasteiger partial charge in [0.2, 0.25) is 11.0 Å². The number of rotatable bonds is 6. The second-order valence-electron chi connectivity index (χ2n) is 5.17. The third-order valence-corrected chi connectivity index (χ3v) is 3.80. The van der Waals surface area contributed by atoms with Crippen LogP contribution in [0.4, 0.5) is 5.82 Å². The van der Waals surface area contributed by atoms with Crippen molar-refractivity contribution < 1.29 is 14.2 Å². The highest BCUT2D eigenvalue weighted by Gasteiger charge is 2.23. The molecule has 2 aromatic rings. The zero-order valence-corrected chi connectivity index (χ0v) is 14.2. The summed E-state index contributed by atoms with van der Waals surface area (Å²) in [4.78, 5) is 14.8. The first-order valence-electron chi connectivity index (χ1n) is 7.75. The van der Waals surface area contributed by atoms with E-state index in [0.29, 0.717) is 43.7 Å². The van der Waals surface area contributed by atoms with Gasteiger partial charge in [-0.15, -0.1) is 0 Å². The molecule has 2 aromatic heterocycles. The van der Waals surface area contributed by atoms with Gasteiger partial charge in [-0.3, -0.25) is 4.98 Å². The van der Waals surface area contributed by atoms with Crippen molar-refractivity contribution in [2.45, 2.75) is 6.42 Å². The van der Waals surface area contributed by atoms with Gasteiger partial charge in [-0.25, -0.2) is 0 Å². The van der Waals surface area contributed by atoms with Crippen LogP contribution < -0.4 is 14.4 Å². The summed E-state index contributed by atoms with van der Waals surface area (Å²) in [6.45, 7) is 3.14. The van der Waals surface area contributed by atoms with Gasteiger partial charge in [0, 0.05) is 31.4 Å². The van der Waals surface area contributed by atoms with Crippen LogP contribution in [0.15, 0.2) is 24.4 Å². The van der Waals surface area contributed by atoms with Crippen LogP contribution in [0, 0.1) is 0 Å². The standard InChI is InChI=1S/C16H19ClN4O3/c1-22-13-14(21-7-10-23-11-8-21)19-16(17)20-15(13)24-9-5-12-4-2-3-6-18-12/h2-4,6H,5,7-11H2,1H3. The number of nitrogens with zero attached hydrogens (tertiary/aromatic N) is 4. The van der Waals surface area contributed by atoms with Gasteiger partial charge in [-0.2, -0.15) is 9.97 Å². The molecule has 7 nitrogen and oxygen atoms in total. The van der Waals surface area contributed by atoms with Crippen LogP contribution in [0.1, 0.15) is 5.69 Å². The lowest BCUT2D eigenvalue weighted by atomic mass is 10.3. The highest BCUT2D eigenvalue weighted by atomic mass is 35.5. The Kier molecular flexibility index (Phi) is 5.66. The predicted octanol–water partition coefficient (Wildman–Crippen LogP) is 1.99. The minimum absolute atomic E-state index is 0.130. The summed E-state index contributed by atoms with van der Waals surface area (Å²) in [6, 6.07) is 5.78. The molecule has 0 N–H and O–H groups in total. The molecule has 0 bridgehead atoms. The van der Waals surface area contributed by atoms with E-state index in [1.165, 1.54) is 0 Å². The number of pyridine rings is 1. The lowest BCUT2D eigenvalue weighted by Gasteiger charge is -2.29. The number of ether oxygens (including phenoxy) is 3. The average Bonchev–Trinajstić information content (AvgIpc) is 2.63. The fraction of sp³-hybridized carbons (Fsp3) is 0.438. The predicted molar refractivity (Wildman–Crippen MR) is 90.1 cm³/mol. The number of morpholine rings is 1. The number of anilines is 1. The Balaban J connectivity index is 1.75. The second kappa shape index (κ2) is 8.12. The minimum Gasteiger partial charge on any atom is -0.489 e. The van der Waals surface area contributed by atoms with Gasteiger partial charge in [0.1, 0.15) is 0 Å². The highest BCUT2D eigenvalue weighted by molar-refractivity contribution is 6.28. The molecule has 1 fully saturated rings. The largest absolute Gasteiger partial charge is 0.489 e. The molecule has 8 heteroatoms. The molecule has 0 saturated carbocycles. The van der Waals surface area contributed by atoms with Crippen LogP contribution in [-0.4, -0.2) is 55.0 Å². The average molecular weight is 351 g/mol. The molecule has 1 aliphatic heterocycles. The summed E-state index contributed by atoms with van der Waals surface area (Å²) in [5.41, 5.74) is 0.949. The van der Waals surface area contributed by atoms with E-state index in [1.54, 1.807) is 13.3 Å². The molecule has 0 aliphatic carbocycles. The molecule has 0 amide bonds. The van der Waals surface area contributed by atoms with Crippen molar-refractivity contribution in [2.75, 3.05) is 44.9 Å². The highest BCUT2D eigenvalue weighted by Crippen LogP contribution is 2.36. The first kappa shape index (κ1) is 16.7. The molecular formula is C16H19ClN4O3. The van der Waals surface area contributed by atoms with Crippen molar-refractivity contribution in [3.05, 3.63) is 35.4 Å². The van der Waals surface area contributed by atoms with Crippen LogP contribution in [-0.2, 0) is 11.2 Å². The minimum atomic E-state index is 0.130. The summed E-state index contributed by atoms with van der Waals surface area (Å²) in [7, 11) is 1.57. The molecule has 1 aliphatic rings. The summed E-state index contributed by atoms with van der Waals surface area (Å²) >= 11 is 6.07. The molecule has 3 rings (SSSR count). The lowest BCUT2D eigenvalue weighted by molar-refractivity contribution is 0.122. The van der Waals surface area contributed by atoms with Crippen molar-refractivity contribution in [3.63, 3.8) is 0 Å². The zero-order valence-electron chi connectivity index (χ0n) is 13.4. The fourth-order valence-electron chi connectivity index (χ4n) is 2.46. The van der Waals surface area contributed by atoms with Crippen LogP contribution >= 0.6 is 11.6 Å². The Labute approximate surface area is 145 Å². The van der Waals surface area contributed by atoms with Crippen molar-refractivity contribution in [1.29, 1.82) is 0 Å². The van der Waals surface area contributed by atoms with E-state index in [2.05, 4.69) is 19.9 Å². The topological polar surface area (TPSA) is 69.6 Å². The van der Waals surface area contributed by atoms with Crippen LogP contribution in [0.25, 0.3) is 0 Å². The Morgan fingerprint density at radius 1 is 1.25 bits per heavy atom. The maximum Gasteiger partial charge on any atom is 0.263 e. The smallest absolute Gasteiger partial charge is 0.263 e. The monoisotopic (exact) mass is 350 g/mol. The molecule has 0 spiro atoms. The third-order valence-electron chi connectivity index (χ3n) is 3.63. The van der Waals surface area contributed by atoms with Gasteiger partial charge in [0.05, 0.1) is 26.9 Å². The van der Waals surface area contributed by atoms with Crippen molar-refractivity contribution in [1.82, 2.24) is 15.0 Å². The number of hydrogen-bond acceptors (Lipinski definition) is 7. The second-order valence-corrected chi connectivity index (χ2v) is 5.51. The number of halogens is 1. The van der Waals surface area contributed by atoms with Crippen molar-refractivity contribution >= 4 is 17.4 Å². The van der Waals surface area contributed by atoms with Gasteiger partial charge in [0.25, 0.3) is 5.88 Å². The summed E-state index contributed by atoms with van der Waals surface area (Å²) in [5, 5.41) is 0.130.